The molecule has 1 aliphatic carbocycles. The normalized spacial score (nSPS) is 16.0. The SMILES string of the molecule is COC(=O)Cc1cccc(NC(=O)[C@@H](NC(=O)OC(C)(C)C)C2CCCCCC2)c1F. The number of methoxy groups -OCH3 is 1. The molecule has 0 bridgehead atoms. The van der Waals surface area contributed by atoms with Crippen molar-refractivity contribution in [2.24, 2.45) is 5.92 Å². The number of carbonyl (C=O) groups excluding carboxylic acids is 3. The van der Waals surface area contributed by atoms with Crippen LogP contribution < -0.4 is 10.6 Å². The third kappa shape index (κ3) is 7.84. The number of ether oxygens (including phenoxy) is 2. The summed E-state index contributed by atoms with van der Waals surface area (Å²) in [4.78, 5) is 37.0. The first-order valence-electron chi connectivity index (χ1n) is 10.8. The molecule has 2 N–H and O–H groups in total. The molecule has 0 unspecified atom stereocenters. The number of rotatable bonds is 6. The highest BCUT2D eigenvalue weighted by atomic mass is 19.1. The van der Waals surface area contributed by atoms with Gasteiger partial charge in [-0.15, -0.1) is 0 Å². The largest absolute Gasteiger partial charge is 0.469 e. The van der Waals surface area contributed by atoms with Crippen LogP contribution in [-0.4, -0.2) is 36.7 Å². The molecule has 0 spiro atoms. The maximum atomic E-state index is 14.9. The first kappa shape index (κ1) is 24.6. The van der Waals surface area contributed by atoms with Crippen molar-refractivity contribution in [2.45, 2.75) is 77.4 Å². The van der Waals surface area contributed by atoms with E-state index in [0.29, 0.717) is 0 Å². The highest BCUT2D eigenvalue weighted by Crippen LogP contribution is 2.27. The standard InChI is InChI=1S/C23H33FN2O5/c1-23(2,3)31-22(29)26-20(15-10-7-5-6-8-11-15)21(28)25-17-13-9-12-16(19(17)24)14-18(27)30-4/h9,12-13,15,20H,5-8,10-11,14H2,1-4H3,(H,25,28)(H,26,29)/t20-/m0/s1. The van der Waals surface area contributed by atoms with Crippen LogP contribution in [0.1, 0.15) is 64.9 Å². The molecule has 0 radical (unpaired) electrons. The number of hydrogen-bond donors (Lipinski definition) is 2. The van der Waals surface area contributed by atoms with E-state index in [4.69, 9.17) is 4.74 Å². The zero-order valence-electron chi connectivity index (χ0n) is 18.8. The van der Waals surface area contributed by atoms with Crippen LogP contribution >= 0.6 is 0 Å². The summed E-state index contributed by atoms with van der Waals surface area (Å²) < 4.78 is 24.8. The van der Waals surface area contributed by atoms with Gasteiger partial charge < -0.3 is 20.1 Å². The Bertz CT molecular complexity index is 783. The molecule has 1 aromatic carbocycles. The molecule has 2 rings (SSSR count). The monoisotopic (exact) mass is 436 g/mol. The van der Waals surface area contributed by atoms with Crippen LogP contribution in [0.3, 0.4) is 0 Å². The van der Waals surface area contributed by atoms with Crippen molar-refractivity contribution in [2.75, 3.05) is 12.4 Å². The molecule has 172 valence electrons. The smallest absolute Gasteiger partial charge is 0.408 e. The van der Waals surface area contributed by atoms with Gasteiger partial charge in [0.25, 0.3) is 0 Å². The summed E-state index contributed by atoms with van der Waals surface area (Å²) in [5, 5.41) is 5.29. The Hall–Kier alpha value is -2.64. The molecule has 0 heterocycles. The lowest BCUT2D eigenvalue weighted by molar-refractivity contribution is -0.139. The van der Waals surface area contributed by atoms with Crippen molar-refractivity contribution in [3.63, 3.8) is 0 Å². The fourth-order valence-corrected chi connectivity index (χ4v) is 3.73. The fraction of sp³-hybridized carbons (Fsp3) is 0.609. The zero-order valence-corrected chi connectivity index (χ0v) is 18.8. The number of hydrogen-bond acceptors (Lipinski definition) is 5. The zero-order chi connectivity index (χ0) is 23.0. The topological polar surface area (TPSA) is 93.7 Å². The van der Waals surface area contributed by atoms with Crippen LogP contribution in [0, 0.1) is 11.7 Å². The summed E-state index contributed by atoms with van der Waals surface area (Å²) in [7, 11) is 1.23. The summed E-state index contributed by atoms with van der Waals surface area (Å²) in [5.74, 6) is -1.85. The third-order valence-corrected chi connectivity index (χ3v) is 5.22. The predicted octanol–water partition coefficient (Wildman–Crippen LogP) is 4.34. The average molecular weight is 437 g/mol. The highest BCUT2D eigenvalue weighted by Gasteiger charge is 2.32. The fourth-order valence-electron chi connectivity index (χ4n) is 3.73. The number of halogens is 1. The van der Waals surface area contributed by atoms with Crippen LogP contribution in [0.5, 0.6) is 0 Å². The molecule has 1 fully saturated rings. The Morgan fingerprint density at radius 3 is 2.35 bits per heavy atom. The molecule has 0 aliphatic heterocycles. The second kappa shape index (κ2) is 11.1. The molecule has 0 saturated heterocycles. The van der Waals surface area contributed by atoms with Gasteiger partial charge in [0.2, 0.25) is 5.91 Å². The lowest BCUT2D eigenvalue weighted by Crippen LogP contribution is -2.50. The first-order chi connectivity index (χ1) is 14.6. The van der Waals surface area contributed by atoms with E-state index >= 15 is 0 Å². The maximum Gasteiger partial charge on any atom is 0.408 e. The first-order valence-corrected chi connectivity index (χ1v) is 10.8. The number of anilines is 1. The van der Waals surface area contributed by atoms with E-state index in [1.165, 1.54) is 19.2 Å². The van der Waals surface area contributed by atoms with Crippen LogP contribution in [-0.2, 0) is 25.5 Å². The summed E-state index contributed by atoms with van der Waals surface area (Å²) in [5.41, 5.74) is -0.630. The predicted molar refractivity (Wildman–Crippen MR) is 115 cm³/mol. The van der Waals surface area contributed by atoms with Crippen molar-refractivity contribution < 1.29 is 28.2 Å². The summed E-state index contributed by atoms with van der Waals surface area (Å²) in [6.45, 7) is 5.24. The lowest BCUT2D eigenvalue weighted by Gasteiger charge is -2.28. The Balaban J connectivity index is 2.21. The molecule has 8 heteroatoms. The minimum absolute atomic E-state index is 0.0454. The molecule has 0 aromatic heterocycles. The van der Waals surface area contributed by atoms with Gasteiger partial charge in [-0.25, -0.2) is 9.18 Å². The summed E-state index contributed by atoms with van der Waals surface area (Å²) >= 11 is 0. The van der Waals surface area contributed by atoms with Crippen molar-refractivity contribution in [1.29, 1.82) is 0 Å². The molecular formula is C23H33FN2O5. The number of amides is 2. The summed E-state index contributed by atoms with van der Waals surface area (Å²) in [6, 6.07) is 3.59. The van der Waals surface area contributed by atoms with Gasteiger partial charge in [-0.2, -0.15) is 0 Å². The second-order valence-electron chi connectivity index (χ2n) is 8.90. The van der Waals surface area contributed by atoms with E-state index in [1.807, 2.05) is 0 Å². The van der Waals surface area contributed by atoms with Gasteiger partial charge in [0.15, 0.2) is 0 Å². The minimum Gasteiger partial charge on any atom is -0.469 e. The molecule has 2 amide bonds. The van der Waals surface area contributed by atoms with Gasteiger partial charge in [0, 0.05) is 5.56 Å². The maximum absolute atomic E-state index is 14.9. The number of alkyl carbamates (subject to hydrolysis) is 1. The molecule has 31 heavy (non-hydrogen) atoms. The van der Waals surface area contributed by atoms with Crippen molar-refractivity contribution >= 4 is 23.7 Å². The Morgan fingerprint density at radius 2 is 1.77 bits per heavy atom. The lowest BCUT2D eigenvalue weighted by atomic mass is 9.91. The van der Waals surface area contributed by atoms with Crippen LogP contribution in [0.25, 0.3) is 0 Å². The number of esters is 1. The number of nitrogens with one attached hydrogen (secondary N) is 2. The Morgan fingerprint density at radius 1 is 1.13 bits per heavy atom. The minimum atomic E-state index is -0.850. The van der Waals surface area contributed by atoms with Gasteiger partial charge in [-0.3, -0.25) is 9.59 Å². The Labute approximate surface area is 183 Å². The number of benzene rings is 1. The molecule has 1 atom stereocenters. The third-order valence-electron chi connectivity index (χ3n) is 5.22. The summed E-state index contributed by atoms with van der Waals surface area (Å²) in [6.07, 6.45) is 4.76. The van der Waals surface area contributed by atoms with Gasteiger partial charge in [0.05, 0.1) is 19.2 Å². The van der Waals surface area contributed by atoms with Crippen LogP contribution in [0.2, 0.25) is 0 Å². The van der Waals surface area contributed by atoms with Crippen molar-refractivity contribution in [3.05, 3.63) is 29.6 Å². The van der Waals surface area contributed by atoms with Crippen LogP contribution in [0.4, 0.5) is 14.9 Å². The highest BCUT2D eigenvalue weighted by molar-refractivity contribution is 5.97. The van der Waals surface area contributed by atoms with E-state index in [9.17, 15) is 18.8 Å². The van der Waals surface area contributed by atoms with E-state index in [-0.39, 0.29) is 23.6 Å². The molecule has 1 aliphatic rings. The van der Waals surface area contributed by atoms with E-state index in [0.717, 1.165) is 38.5 Å². The van der Waals surface area contributed by atoms with Crippen molar-refractivity contribution in [3.8, 4) is 0 Å². The number of carbonyl (C=O) groups is 3. The van der Waals surface area contributed by atoms with E-state index in [1.54, 1.807) is 26.8 Å². The second-order valence-corrected chi connectivity index (χ2v) is 8.90. The van der Waals surface area contributed by atoms with Gasteiger partial charge in [-0.1, -0.05) is 37.8 Å². The quantitative estimate of drug-likeness (QED) is 0.511. The van der Waals surface area contributed by atoms with Crippen molar-refractivity contribution in [1.82, 2.24) is 5.32 Å². The van der Waals surface area contributed by atoms with Crippen LogP contribution in [0.15, 0.2) is 18.2 Å². The molecule has 1 aromatic rings. The molecule has 7 nitrogen and oxygen atoms in total. The Kier molecular flexibility index (Phi) is 8.83. The van der Waals surface area contributed by atoms with Gasteiger partial charge >= 0.3 is 12.1 Å². The molecule has 1 saturated carbocycles. The van der Waals surface area contributed by atoms with Gasteiger partial charge in [0.1, 0.15) is 17.5 Å². The van der Waals surface area contributed by atoms with Gasteiger partial charge in [-0.05, 0) is 45.6 Å². The molecular weight excluding hydrogens is 403 g/mol. The van der Waals surface area contributed by atoms with E-state index in [2.05, 4.69) is 15.4 Å². The average Bonchev–Trinajstić information content (AvgIpc) is 2.97. The van der Waals surface area contributed by atoms with E-state index < -0.39 is 35.4 Å².